The number of hydrogen-bond acceptors (Lipinski definition) is 6. The number of allylic oxidation sites excluding steroid dienone is 8. The van der Waals surface area contributed by atoms with E-state index in [0.717, 1.165) is 64.2 Å². The van der Waals surface area contributed by atoms with Crippen LogP contribution >= 0.6 is 0 Å². The van der Waals surface area contributed by atoms with Gasteiger partial charge in [-0.3, -0.25) is 9.59 Å². The third-order valence-corrected chi connectivity index (χ3v) is 13.2. The van der Waals surface area contributed by atoms with Crippen molar-refractivity contribution in [2.45, 2.75) is 283 Å². The molecule has 0 aliphatic rings. The second-order valence-corrected chi connectivity index (χ2v) is 20.9. The van der Waals surface area contributed by atoms with E-state index in [0.29, 0.717) is 19.3 Å². The van der Waals surface area contributed by atoms with Crippen LogP contribution in [0.1, 0.15) is 271 Å². The first-order valence-corrected chi connectivity index (χ1v) is 29.2. The molecule has 0 aliphatic carbocycles. The van der Waals surface area contributed by atoms with Crippen LogP contribution < -0.4 is 0 Å². The van der Waals surface area contributed by atoms with Crippen LogP contribution in [0.2, 0.25) is 0 Å². The summed E-state index contributed by atoms with van der Waals surface area (Å²) in [4.78, 5) is 37.3. The predicted molar refractivity (Wildman–Crippen MR) is 294 cm³/mol. The topological polar surface area (TPSA) is 99.1 Å². The highest BCUT2D eigenvalue weighted by molar-refractivity contribution is 5.72. The van der Waals surface area contributed by atoms with Crippen molar-refractivity contribution in [2.24, 2.45) is 0 Å². The van der Waals surface area contributed by atoms with Gasteiger partial charge in [0.25, 0.3) is 0 Å². The lowest BCUT2D eigenvalue weighted by molar-refractivity contribution is -0.887. The van der Waals surface area contributed by atoms with Gasteiger partial charge < -0.3 is 23.8 Å². The van der Waals surface area contributed by atoms with E-state index >= 15 is 0 Å². The van der Waals surface area contributed by atoms with Crippen LogP contribution in [0.15, 0.2) is 48.6 Å². The highest BCUT2D eigenvalue weighted by Gasteiger charge is 2.31. The zero-order valence-corrected chi connectivity index (χ0v) is 46.0. The molecular formula is C61H112NO7+. The average Bonchev–Trinajstić information content (AvgIpc) is 3.31. The Kier molecular flexibility index (Phi) is 49.6. The number of rotatable bonds is 53. The van der Waals surface area contributed by atoms with Crippen molar-refractivity contribution in [3.63, 3.8) is 0 Å². The summed E-state index contributed by atoms with van der Waals surface area (Å²) >= 11 is 0. The number of likely N-dealkylation sites (N-methyl/N-ethyl adjacent to an activating group) is 1. The molecule has 2 unspecified atom stereocenters. The lowest BCUT2D eigenvalue weighted by Crippen LogP contribution is -2.50. The summed E-state index contributed by atoms with van der Waals surface area (Å²) < 4.78 is 17.4. The van der Waals surface area contributed by atoms with Gasteiger partial charge in [0.2, 0.25) is 0 Å². The number of unbranched alkanes of at least 4 members (excludes halogenated alkanes) is 31. The van der Waals surface area contributed by atoms with Gasteiger partial charge in [0.1, 0.15) is 6.61 Å². The zero-order chi connectivity index (χ0) is 50.6. The maximum Gasteiger partial charge on any atom is 0.362 e. The number of nitrogens with zero attached hydrogens (tertiary/aromatic N) is 1. The first kappa shape index (κ1) is 66.3. The van der Waals surface area contributed by atoms with Crippen molar-refractivity contribution in [3.05, 3.63) is 48.6 Å². The minimum Gasteiger partial charge on any atom is -0.477 e. The molecule has 69 heavy (non-hydrogen) atoms. The molecular weight excluding hydrogens is 859 g/mol. The second kappa shape index (κ2) is 51.6. The summed E-state index contributed by atoms with van der Waals surface area (Å²) in [7, 11) is 5.55. The number of carboxylic acids is 1. The smallest absolute Gasteiger partial charge is 0.362 e. The number of carboxylic acid groups (broad SMARTS) is 1. The molecule has 2 atom stereocenters. The van der Waals surface area contributed by atoms with Crippen molar-refractivity contribution in [3.8, 4) is 0 Å². The van der Waals surface area contributed by atoms with Gasteiger partial charge in [-0.25, -0.2) is 4.79 Å². The summed E-state index contributed by atoms with van der Waals surface area (Å²) in [6.07, 6.45) is 64.6. The molecule has 0 aromatic heterocycles. The van der Waals surface area contributed by atoms with Gasteiger partial charge >= 0.3 is 17.9 Å². The number of hydrogen-bond donors (Lipinski definition) is 1. The van der Waals surface area contributed by atoms with Crippen molar-refractivity contribution in [1.29, 1.82) is 0 Å². The maximum absolute atomic E-state index is 12.8. The molecule has 0 aromatic carbocycles. The molecule has 0 saturated heterocycles. The molecule has 0 aliphatic heterocycles. The number of ether oxygens (including phenoxy) is 3. The van der Waals surface area contributed by atoms with Crippen molar-refractivity contribution in [2.75, 3.05) is 41.0 Å². The molecule has 0 rings (SSSR count). The molecule has 1 N–H and O–H groups in total. The van der Waals surface area contributed by atoms with Gasteiger partial charge in [0.05, 0.1) is 34.4 Å². The highest BCUT2D eigenvalue weighted by atomic mass is 16.6. The predicted octanol–water partition coefficient (Wildman–Crippen LogP) is 17.5. The standard InChI is InChI=1S/C61H111NO7/c1-6-8-10-12-14-16-18-20-22-24-26-28-30-32-33-35-37-39-41-43-45-47-49-51-59(63)68-56-57(55-67-54-53-58(61(65)66)62(3,4)5)69-60(64)52-50-48-46-44-42-40-38-36-34-31-29-27-25-23-21-19-17-15-13-11-9-7-2/h8,10,14,16,20,22,26,28,57-58H,6-7,9,11-13,15,17-19,21,23-25,27,29-56H2,1-5H3/p+1/b10-8+,16-14+,22-20+,28-26+. The minimum absolute atomic E-state index is 0.0505. The molecule has 0 bridgehead atoms. The number of aliphatic carboxylic acids is 1. The first-order chi connectivity index (χ1) is 33.6. The summed E-state index contributed by atoms with van der Waals surface area (Å²) in [6, 6.07) is -0.616. The largest absolute Gasteiger partial charge is 0.477 e. The van der Waals surface area contributed by atoms with E-state index in [4.69, 9.17) is 14.2 Å². The molecule has 0 radical (unpaired) electrons. The maximum atomic E-state index is 12.8. The molecule has 0 spiro atoms. The number of carbonyl (C=O) groups is 3. The Morgan fingerprint density at radius 1 is 0.449 bits per heavy atom. The van der Waals surface area contributed by atoms with Crippen LogP contribution in [0.4, 0.5) is 0 Å². The van der Waals surface area contributed by atoms with Gasteiger partial charge in [0.15, 0.2) is 12.1 Å². The number of esters is 2. The Bertz CT molecular complexity index is 1270. The van der Waals surface area contributed by atoms with Crippen LogP contribution in [0, 0.1) is 0 Å². The zero-order valence-electron chi connectivity index (χ0n) is 46.0. The molecule has 0 aromatic rings. The van der Waals surface area contributed by atoms with Gasteiger partial charge in [-0.15, -0.1) is 0 Å². The molecule has 0 heterocycles. The van der Waals surface area contributed by atoms with E-state index in [-0.39, 0.29) is 36.2 Å². The summed E-state index contributed by atoms with van der Waals surface area (Å²) in [5.74, 6) is -1.45. The highest BCUT2D eigenvalue weighted by Crippen LogP contribution is 2.17. The Morgan fingerprint density at radius 2 is 0.812 bits per heavy atom. The number of carbonyl (C=O) groups excluding carboxylic acids is 2. The average molecular weight is 972 g/mol. The van der Waals surface area contributed by atoms with Crippen LogP contribution in [0.3, 0.4) is 0 Å². The fourth-order valence-electron chi connectivity index (χ4n) is 8.79. The first-order valence-electron chi connectivity index (χ1n) is 29.2. The van der Waals surface area contributed by atoms with Gasteiger partial charge in [-0.2, -0.15) is 0 Å². The van der Waals surface area contributed by atoms with E-state index in [1.54, 1.807) is 0 Å². The van der Waals surface area contributed by atoms with E-state index in [2.05, 4.69) is 62.5 Å². The quantitative estimate of drug-likeness (QED) is 0.0280. The van der Waals surface area contributed by atoms with Crippen LogP contribution in [0.5, 0.6) is 0 Å². The van der Waals surface area contributed by atoms with Crippen molar-refractivity contribution in [1.82, 2.24) is 0 Å². The van der Waals surface area contributed by atoms with E-state index < -0.39 is 18.1 Å². The molecule has 0 amide bonds. The summed E-state index contributed by atoms with van der Waals surface area (Å²) in [6.45, 7) is 4.67. The van der Waals surface area contributed by atoms with Crippen molar-refractivity contribution >= 4 is 17.9 Å². The van der Waals surface area contributed by atoms with Gasteiger partial charge in [-0.05, 0) is 51.4 Å². The molecule has 0 saturated carbocycles. The number of quaternary nitrogens is 1. The fraction of sp³-hybridized carbons (Fsp3) is 0.820. The van der Waals surface area contributed by atoms with E-state index in [1.807, 2.05) is 21.1 Å². The molecule has 0 fully saturated rings. The summed E-state index contributed by atoms with van der Waals surface area (Å²) in [5, 5.41) is 9.68. The van der Waals surface area contributed by atoms with Gasteiger partial charge in [0, 0.05) is 19.3 Å². The molecule has 8 nitrogen and oxygen atoms in total. The molecule has 8 heteroatoms. The third kappa shape index (κ3) is 50.0. The molecule has 402 valence electrons. The second-order valence-electron chi connectivity index (χ2n) is 20.9. The normalized spacial score (nSPS) is 13.1. The van der Waals surface area contributed by atoms with Crippen LogP contribution in [-0.2, 0) is 28.6 Å². The SMILES string of the molecule is CC/C=C/C/C=C/C/C=C/C/C=C/CCCCCCCCCCCCC(=O)OCC(COCCC(C(=O)O)[N+](C)(C)C)OC(=O)CCCCCCCCCCCCCCCCCCCCCCCC. The lowest BCUT2D eigenvalue weighted by atomic mass is 10.0. The van der Waals surface area contributed by atoms with E-state index in [9.17, 15) is 19.5 Å². The third-order valence-electron chi connectivity index (χ3n) is 13.2. The van der Waals surface area contributed by atoms with Crippen LogP contribution in [0.25, 0.3) is 0 Å². The summed E-state index contributed by atoms with van der Waals surface area (Å²) in [5.41, 5.74) is 0. The Balaban J connectivity index is 4.14. The Morgan fingerprint density at radius 3 is 1.20 bits per heavy atom. The monoisotopic (exact) mass is 971 g/mol. The Hall–Kier alpha value is -2.71. The fourth-order valence-corrected chi connectivity index (χ4v) is 8.79. The van der Waals surface area contributed by atoms with E-state index in [1.165, 1.54) is 173 Å². The lowest BCUT2D eigenvalue weighted by Gasteiger charge is -2.31. The Labute approximate surface area is 426 Å². The van der Waals surface area contributed by atoms with Gasteiger partial charge in [-0.1, -0.05) is 249 Å². The van der Waals surface area contributed by atoms with Crippen molar-refractivity contribution < 1.29 is 38.2 Å². The minimum atomic E-state index is -0.872. The van der Waals surface area contributed by atoms with Crippen LogP contribution in [-0.4, -0.2) is 80.6 Å².